The van der Waals surface area contributed by atoms with Gasteiger partial charge < -0.3 is 15.0 Å². The lowest BCUT2D eigenvalue weighted by atomic mass is 10.2. The largest absolute Gasteiger partial charge is 0.376 e. The minimum Gasteiger partial charge on any atom is -0.376 e. The SMILES string of the molecule is CN(CCc1ccncc1)CCC1CNCCO1. The third-order valence-corrected chi connectivity index (χ3v) is 3.37. The summed E-state index contributed by atoms with van der Waals surface area (Å²) in [5.74, 6) is 0. The first-order valence-corrected chi connectivity index (χ1v) is 6.74. The zero-order chi connectivity index (χ0) is 12.6. The molecule has 1 aliphatic heterocycles. The Labute approximate surface area is 109 Å². The number of hydrogen-bond acceptors (Lipinski definition) is 4. The zero-order valence-corrected chi connectivity index (χ0v) is 11.1. The highest BCUT2D eigenvalue weighted by Gasteiger charge is 2.13. The van der Waals surface area contributed by atoms with Gasteiger partial charge in [-0.1, -0.05) is 0 Å². The highest BCUT2D eigenvalue weighted by atomic mass is 16.5. The molecule has 0 radical (unpaired) electrons. The van der Waals surface area contributed by atoms with Crippen molar-refractivity contribution in [1.29, 1.82) is 0 Å². The summed E-state index contributed by atoms with van der Waals surface area (Å²) in [5.41, 5.74) is 1.35. The van der Waals surface area contributed by atoms with Gasteiger partial charge in [0, 0.05) is 38.6 Å². The maximum atomic E-state index is 5.69. The van der Waals surface area contributed by atoms with E-state index in [1.807, 2.05) is 12.4 Å². The van der Waals surface area contributed by atoms with Crippen LogP contribution >= 0.6 is 0 Å². The van der Waals surface area contributed by atoms with E-state index in [0.717, 1.165) is 45.6 Å². The molecule has 1 N–H and O–H groups in total. The van der Waals surface area contributed by atoms with Gasteiger partial charge in [0.15, 0.2) is 0 Å². The number of likely N-dealkylation sites (N-methyl/N-ethyl adjacent to an activating group) is 1. The fourth-order valence-corrected chi connectivity index (χ4v) is 2.15. The Bertz CT molecular complexity index is 325. The number of rotatable bonds is 6. The molecule has 1 aromatic heterocycles. The fourth-order valence-electron chi connectivity index (χ4n) is 2.15. The first-order chi connectivity index (χ1) is 8.84. The second-order valence-electron chi connectivity index (χ2n) is 4.89. The Morgan fingerprint density at radius 3 is 2.94 bits per heavy atom. The summed E-state index contributed by atoms with van der Waals surface area (Å²) in [7, 11) is 2.18. The van der Waals surface area contributed by atoms with E-state index in [2.05, 4.69) is 34.4 Å². The number of morpholine rings is 1. The van der Waals surface area contributed by atoms with Gasteiger partial charge in [0.1, 0.15) is 0 Å². The van der Waals surface area contributed by atoms with E-state index < -0.39 is 0 Å². The highest BCUT2D eigenvalue weighted by Crippen LogP contribution is 2.04. The van der Waals surface area contributed by atoms with Crippen LogP contribution in [0.3, 0.4) is 0 Å². The first-order valence-electron chi connectivity index (χ1n) is 6.74. The van der Waals surface area contributed by atoms with Crippen LogP contribution in [0.5, 0.6) is 0 Å². The van der Waals surface area contributed by atoms with Gasteiger partial charge in [-0.15, -0.1) is 0 Å². The molecule has 0 spiro atoms. The summed E-state index contributed by atoms with van der Waals surface area (Å²) < 4.78 is 5.69. The Morgan fingerprint density at radius 2 is 2.22 bits per heavy atom. The van der Waals surface area contributed by atoms with Gasteiger partial charge in [0.2, 0.25) is 0 Å². The molecule has 1 saturated heterocycles. The van der Waals surface area contributed by atoms with Crippen molar-refractivity contribution in [2.75, 3.05) is 39.8 Å². The molecule has 18 heavy (non-hydrogen) atoms. The number of aromatic nitrogens is 1. The molecule has 0 amide bonds. The number of ether oxygens (including phenoxy) is 1. The summed E-state index contributed by atoms with van der Waals surface area (Å²) in [5, 5.41) is 3.37. The van der Waals surface area contributed by atoms with Crippen molar-refractivity contribution in [3.63, 3.8) is 0 Å². The molecular formula is C14H23N3O. The fraction of sp³-hybridized carbons (Fsp3) is 0.643. The van der Waals surface area contributed by atoms with Crippen LogP contribution in [0.15, 0.2) is 24.5 Å². The quantitative estimate of drug-likeness (QED) is 0.814. The Hall–Kier alpha value is -0.970. The molecule has 4 nitrogen and oxygen atoms in total. The van der Waals surface area contributed by atoms with Crippen molar-refractivity contribution in [3.05, 3.63) is 30.1 Å². The summed E-state index contributed by atoms with van der Waals surface area (Å²) in [6, 6.07) is 4.17. The minimum atomic E-state index is 0.391. The molecule has 1 unspecified atom stereocenters. The van der Waals surface area contributed by atoms with Gasteiger partial charge in [-0.2, -0.15) is 0 Å². The van der Waals surface area contributed by atoms with E-state index >= 15 is 0 Å². The summed E-state index contributed by atoms with van der Waals surface area (Å²) in [4.78, 5) is 6.41. The number of nitrogens with one attached hydrogen (secondary N) is 1. The lowest BCUT2D eigenvalue weighted by Gasteiger charge is -2.25. The number of hydrogen-bond donors (Lipinski definition) is 1. The molecule has 1 fully saturated rings. The van der Waals surface area contributed by atoms with Gasteiger partial charge in [0.25, 0.3) is 0 Å². The minimum absolute atomic E-state index is 0.391. The molecule has 1 aliphatic rings. The van der Waals surface area contributed by atoms with E-state index in [0.29, 0.717) is 6.10 Å². The smallest absolute Gasteiger partial charge is 0.0712 e. The van der Waals surface area contributed by atoms with Crippen LogP contribution in [0.2, 0.25) is 0 Å². The maximum Gasteiger partial charge on any atom is 0.0712 e. The lowest BCUT2D eigenvalue weighted by Crippen LogP contribution is -2.40. The third kappa shape index (κ3) is 4.72. The molecule has 0 aliphatic carbocycles. The van der Waals surface area contributed by atoms with Crippen LogP contribution in [0, 0.1) is 0 Å². The van der Waals surface area contributed by atoms with Crippen molar-refractivity contribution < 1.29 is 4.74 Å². The van der Waals surface area contributed by atoms with Gasteiger partial charge in [-0.3, -0.25) is 4.98 Å². The van der Waals surface area contributed by atoms with Crippen molar-refractivity contribution >= 4 is 0 Å². The molecule has 0 saturated carbocycles. The van der Waals surface area contributed by atoms with Crippen LogP contribution < -0.4 is 5.32 Å². The van der Waals surface area contributed by atoms with Crippen LogP contribution in [0.4, 0.5) is 0 Å². The topological polar surface area (TPSA) is 37.4 Å². The molecule has 4 heteroatoms. The molecule has 2 rings (SSSR count). The molecule has 2 heterocycles. The van der Waals surface area contributed by atoms with E-state index in [1.54, 1.807) is 0 Å². The van der Waals surface area contributed by atoms with Crippen molar-refractivity contribution in [2.45, 2.75) is 18.9 Å². The molecule has 0 aromatic carbocycles. The monoisotopic (exact) mass is 249 g/mol. The van der Waals surface area contributed by atoms with E-state index in [9.17, 15) is 0 Å². The van der Waals surface area contributed by atoms with Gasteiger partial charge in [-0.25, -0.2) is 0 Å². The van der Waals surface area contributed by atoms with Crippen molar-refractivity contribution in [2.24, 2.45) is 0 Å². The molecule has 1 atom stereocenters. The van der Waals surface area contributed by atoms with E-state index in [-0.39, 0.29) is 0 Å². The van der Waals surface area contributed by atoms with Crippen molar-refractivity contribution in [1.82, 2.24) is 15.2 Å². The van der Waals surface area contributed by atoms with Crippen LogP contribution in [-0.4, -0.2) is 55.8 Å². The average Bonchev–Trinajstić information content (AvgIpc) is 2.45. The lowest BCUT2D eigenvalue weighted by molar-refractivity contribution is 0.0188. The molecule has 1 aromatic rings. The molecule has 0 bridgehead atoms. The Kier molecular flexibility index (Phi) is 5.58. The number of pyridine rings is 1. The maximum absolute atomic E-state index is 5.69. The van der Waals surface area contributed by atoms with Crippen LogP contribution in [0.25, 0.3) is 0 Å². The van der Waals surface area contributed by atoms with Crippen LogP contribution in [0.1, 0.15) is 12.0 Å². The van der Waals surface area contributed by atoms with E-state index in [4.69, 9.17) is 4.74 Å². The molecule has 100 valence electrons. The predicted molar refractivity (Wildman–Crippen MR) is 72.7 cm³/mol. The zero-order valence-electron chi connectivity index (χ0n) is 11.1. The van der Waals surface area contributed by atoms with Crippen LogP contribution in [-0.2, 0) is 11.2 Å². The van der Waals surface area contributed by atoms with Gasteiger partial charge in [-0.05, 0) is 37.6 Å². The van der Waals surface area contributed by atoms with Gasteiger partial charge >= 0.3 is 0 Å². The Balaban J connectivity index is 1.61. The summed E-state index contributed by atoms with van der Waals surface area (Å²) in [6.07, 6.45) is 6.30. The normalized spacial score (nSPS) is 20.2. The predicted octanol–water partition coefficient (Wildman–Crippen LogP) is 0.934. The Morgan fingerprint density at radius 1 is 1.39 bits per heavy atom. The second-order valence-corrected chi connectivity index (χ2v) is 4.89. The summed E-state index contributed by atoms with van der Waals surface area (Å²) in [6.45, 7) is 5.03. The molecular weight excluding hydrogens is 226 g/mol. The van der Waals surface area contributed by atoms with Gasteiger partial charge in [0.05, 0.1) is 12.7 Å². The van der Waals surface area contributed by atoms with E-state index in [1.165, 1.54) is 5.56 Å². The average molecular weight is 249 g/mol. The third-order valence-electron chi connectivity index (χ3n) is 3.37. The van der Waals surface area contributed by atoms with Crippen molar-refractivity contribution in [3.8, 4) is 0 Å². The number of nitrogens with zero attached hydrogens (tertiary/aromatic N) is 2. The first kappa shape index (κ1) is 13.5. The summed E-state index contributed by atoms with van der Waals surface area (Å²) >= 11 is 0. The highest BCUT2D eigenvalue weighted by molar-refractivity contribution is 5.09. The second kappa shape index (κ2) is 7.46. The standard InChI is InChI=1S/C14H23N3O/c1-17(9-4-13-2-6-15-7-3-13)10-5-14-12-16-8-11-18-14/h2-3,6-7,14,16H,4-5,8-12H2,1H3.